The molecule has 0 bridgehead atoms. The summed E-state index contributed by atoms with van der Waals surface area (Å²) < 4.78 is 13.1. The van der Waals surface area contributed by atoms with E-state index in [1.807, 2.05) is 26.0 Å². The summed E-state index contributed by atoms with van der Waals surface area (Å²) in [5.41, 5.74) is 2.22. The van der Waals surface area contributed by atoms with Crippen molar-refractivity contribution in [3.63, 3.8) is 0 Å². The van der Waals surface area contributed by atoms with Crippen molar-refractivity contribution in [3.05, 3.63) is 30.2 Å². The highest BCUT2D eigenvalue weighted by Crippen LogP contribution is 2.29. The van der Waals surface area contributed by atoms with Crippen molar-refractivity contribution in [2.45, 2.75) is 64.7 Å². The molecule has 1 amide bonds. The Balaban J connectivity index is 1.65. The van der Waals surface area contributed by atoms with E-state index in [0.29, 0.717) is 24.3 Å². The van der Waals surface area contributed by atoms with E-state index >= 15 is 0 Å². The fourth-order valence-electron chi connectivity index (χ4n) is 3.81. The first kappa shape index (κ1) is 23.6. The van der Waals surface area contributed by atoms with Gasteiger partial charge in [-0.3, -0.25) is 14.5 Å². The maximum absolute atomic E-state index is 12.3. The third-order valence-corrected chi connectivity index (χ3v) is 6.22. The Morgan fingerprint density at radius 2 is 2.09 bits per heavy atom. The van der Waals surface area contributed by atoms with Crippen molar-refractivity contribution in [2.24, 2.45) is 13.0 Å². The van der Waals surface area contributed by atoms with Gasteiger partial charge in [-0.2, -0.15) is 5.10 Å². The quantitative estimate of drug-likeness (QED) is 0.658. The molecule has 32 heavy (non-hydrogen) atoms. The normalized spacial score (nSPS) is 19.2. The van der Waals surface area contributed by atoms with Crippen molar-refractivity contribution in [2.75, 3.05) is 7.05 Å². The minimum Gasteiger partial charge on any atom is -0.489 e. The van der Waals surface area contributed by atoms with E-state index in [-0.39, 0.29) is 30.8 Å². The summed E-state index contributed by atoms with van der Waals surface area (Å²) in [6.07, 6.45) is 6.59. The number of carbonyl (C=O) groups excluding carboxylic acids is 1. The number of carbonyl (C=O) groups is 2. The zero-order valence-electron chi connectivity index (χ0n) is 19.2. The smallest absolute Gasteiger partial charge is 0.410 e. The van der Waals surface area contributed by atoms with Crippen molar-refractivity contribution in [3.8, 4) is 17.0 Å². The maximum Gasteiger partial charge on any atom is 0.410 e. The topological polar surface area (TPSA) is 107 Å². The Morgan fingerprint density at radius 3 is 2.75 bits per heavy atom. The third-order valence-electron chi connectivity index (χ3n) is 6.22. The summed E-state index contributed by atoms with van der Waals surface area (Å²) in [6.45, 7) is 4.08. The number of carboxylic acid groups (broad SMARTS) is 1. The summed E-state index contributed by atoms with van der Waals surface area (Å²) in [7, 11) is 3.52. The zero-order valence-corrected chi connectivity index (χ0v) is 19.2. The molecular weight excluding hydrogens is 412 g/mol. The van der Waals surface area contributed by atoms with Crippen LogP contribution in [0, 0.1) is 5.92 Å². The van der Waals surface area contributed by atoms with Crippen molar-refractivity contribution in [1.82, 2.24) is 19.7 Å². The van der Waals surface area contributed by atoms with E-state index in [1.54, 1.807) is 36.1 Å². The predicted octanol–water partition coefficient (Wildman–Crippen LogP) is 3.87. The van der Waals surface area contributed by atoms with E-state index in [4.69, 9.17) is 9.47 Å². The van der Waals surface area contributed by atoms with Crippen molar-refractivity contribution >= 4 is 12.1 Å². The van der Waals surface area contributed by atoms with Gasteiger partial charge in [0.15, 0.2) is 0 Å². The lowest BCUT2D eigenvalue weighted by Crippen LogP contribution is -2.35. The van der Waals surface area contributed by atoms with E-state index < -0.39 is 5.97 Å². The molecule has 1 unspecified atom stereocenters. The van der Waals surface area contributed by atoms with Gasteiger partial charge in [0.05, 0.1) is 35.8 Å². The molecule has 3 rings (SSSR count). The lowest BCUT2D eigenvalue weighted by molar-refractivity contribution is -0.143. The van der Waals surface area contributed by atoms with Gasteiger partial charge < -0.3 is 19.5 Å². The highest BCUT2D eigenvalue weighted by Gasteiger charge is 2.28. The minimum absolute atomic E-state index is 0.0873. The number of rotatable bonds is 8. The third kappa shape index (κ3) is 5.57. The number of amides is 1. The van der Waals surface area contributed by atoms with Crippen LogP contribution in [0.3, 0.4) is 0 Å². The van der Waals surface area contributed by atoms with Gasteiger partial charge >= 0.3 is 12.1 Å². The van der Waals surface area contributed by atoms with E-state index in [9.17, 15) is 14.7 Å². The fraction of sp³-hybridized carbons (Fsp3) is 0.565. The molecule has 2 aromatic rings. The number of nitrogens with zero attached hydrogens (tertiary/aromatic N) is 4. The van der Waals surface area contributed by atoms with Crippen LogP contribution in [0.4, 0.5) is 4.79 Å². The molecule has 0 aliphatic heterocycles. The molecule has 0 aromatic carbocycles. The summed E-state index contributed by atoms with van der Waals surface area (Å²) in [5.74, 6) is -0.496. The van der Waals surface area contributed by atoms with Gasteiger partial charge in [-0.25, -0.2) is 4.79 Å². The fourth-order valence-corrected chi connectivity index (χ4v) is 3.81. The Hall–Kier alpha value is -3.10. The van der Waals surface area contributed by atoms with Crippen molar-refractivity contribution < 1.29 is 24.2 Å². The number of aliphatic carboxylic acids is 1. The molecule has 0 saturated heterocycles. The molecule has 2 aromatic heterocycles. The Morgan fingerprint density at radius 1 is 1.31 bits per heavy atom. The molecule has 0 spiro atoms. The van der Waals surface area contributed by atoms with Crippen LogP contribution < -0.4 is 4.74 Å². The number of pyridine rings is 1. The molecule has 174 valence electrons. The second-order valence-corrected chi connectivity index (χ2v) is 8.37. The monoisotopic (exact) mass is 444 g/mol. The molecule has 9 nitrogen and oxygen atoms in total. The highest BCUT2D eigenvalue weighted by atomic mass is 16.6. The minimum atomic E-state index is -0.757. The second-order valence-electron chi connectivity index (χ2n) is 8.37. The molecule has 1 aliphatic rings. The molecule has 9 heteroatoms. The second kappa shape index (κ2) is 10.5. The Bertz CT molecular complexity index is 927. The first-order valence-corrected chi connectivity index (χ1v) is 11.1. The summed E-state index contributed by atoms with van der Waals surface area (Å²) in [4.78, 5) is 29.6. The average Bonchev–Trinajstić information content (AvgIpc) is 3.17. The lowest BCUT2D eigenvalue weighted by Gasteiger charge is -2.27. The maximum atomic E-state index is 12.3. The van der Waals surface area contributed by atoms with Crippen LogP contribution in [0.15, 0.2) is 24.5 Å². The van der Waals surface area contributed by atoms with Gasteiger partial charge in [0.2, 0.25) is 0 Å². The highest BCUT2D eigenvalue weighted by molar-refractivity contribution is 5.70. The molecule has 1 N–H and O–H groups in total. The van der Waals surface area contributed by atoms with E-state index in [0.717, 1.165) is 30.5 Å². The number of carboxylic acids is 1. The standard InChI is InChI=1S/C23H32N4O5/c1-5-15(2)26(3)23(30)31-14-21-19(13-25-27(21)4)20-10-9-18(12-24-20)32-17-8-6-7-16(11-17)22(28)29/h9-10,12-13,15-17H,5-8,11,14H2,1-4H3,(H,28,29)/t15?,16-,17-/m0/s1. The van der Waals surface area contributed by atoms with Gasteiger partial charge in [0, 0.05) is 25.7 Å². The molecule has 1 saturated carbocycles. The summed E-state index contributed by atoms with van der Waals surface area (Å²) in [5, 5.41) is 13.5. The number of aryl methyl sites for hydroxylation is 1. The van der Waals surface area contributed by atoms with Crippen LogP contribution in [-0.4, -0.2) is 56.0 Å². The Labute approximate surface area is 188 Å². The molecule has 1 fully saturated rings. The van der Waals surface area contributed by atoms with Crippen molar-refractivity contribution in [1.29, 1.82) is 0 Å². The molecule has 3 atom stereocenters. The number of aromatic nitrogens is 3. The number of hydrogen-bond donors (Lipinski definition) is 1. The molecule has 0 radical (unpaired) electrons. The number of ether oxygens (including phenoxy) is 2. The zero-order chi connectivity index (χ0) is 23.3. The first-order valence-electron chi connectivity index (χ1n) is 11.1. The molecular formula is C23H32N4O5. The predicted molar refractivity (Wildman–Crippen MR) is 118 cm³/mol. The van der Waals surface area contributed by atoms with Gasteiger partial charge in [-0.15, -0.1) is 0 Å². The molecule has 1 aliphatic carbocycles. The summed E-state index contributed by atoms with van der Waals surface area (Å²) >= 11 is 0. The Kier molecular flexibility index (Phi) is 7.71. The van der Waals surface area contributed by atoms with E-state index in [2.05, 4.69) is 10.1 Å². The average molecular weight is 445 g/mol. The van der Waals surface area contributed by atoms with E-state index in [1.165, 1.54) is 0 Å². The summed E-state index contributed by atoms with van der Waals surface area (Å²) in [6, 6.07) is 3.75. The van der Waals surface area contributed by atoms with Crippen LogP contribution >= 0.6 is 0 Å². The van der Waals surface area contributed by atoms with Crippen LogP contribution in [0.5, 0.6) is 5.75 Å². The van der Waals surface area contributed by atoms with Crippen LogP contribution in [-0.2, 0) is 23.2 Å². The molecule has 2 heterocycles. The largest absolute Gasteiger partial charge is 0.489 e. The van der Waals surface area contributed by atoms with Gasteiger partial charge in [0.1, 0.15) is 12.4 Å². The lowest BCUT2D eigenvalue weighted by atomic mass is 9.87. The SMILES string of the molecule is CCC(C)N(C)C(=O)OCc1c(-c2ccc(O[C@H]3CCC[C@H](C(=O)O)C3)cn2)cnn1C. The van der Waals surface area contributed by atoms with Gasteiger partial charge in [-0.05, 0) is 51.2 Å². The van der Waals surface area contributed by atoms with Crippen LogP contribution in [0.2, 0.25) is 0 Å². The van der Waals surface area contributed by atoms with Crippen LogP contribution in [0.1, 0.15) is 51.6 Å². The number of hydrogen-bond acceptors (Lipinski definition) is 6. The van der Waals surface area contributed by atoms with Crippen LogP contribution in [0.25, 0.3) is 11.3 Å². The van der Waals surface area contributed by atoms with Gasteiger partial charge in [0.25, 0.3) is 0 Å². The van der Waals surface area contributed by atoms with Gasteiger partial charge in [-0.1, -0.05) is 6.92 Å². The first-order chi connectivity index (χ1) is 15.3.